The van der Waals surface area contributed by atoms with Crippen molar-refractivity contribution in [2.45, 2.75) is 41.6 Å². The zero-order valence-electron chi connectivity index (χ0n) is 17.8. The van der Waals surface area contributed by atoms with Gasteiger partial charge in [0.05, 0.1) is 9.79 Å². The van der Waals surface area contributed by atoms with Crippen molar-refractivity contribution in [1.29, 1.82) is 0 Å². The van der Waals surface area contributed by atoms with Crippen molar-refractivity contribution in [1.82, 2.24) is 8.61 Å². The fraction of sp³-hybridized carbons (Fsp3) is 0.304. The van der Waals surface area contributed by atoms with Gasteiger partial charge in [-0.25, -0.2) is 21.1 Å². The summed E-state index contributed by atoms with van der Waals surface area (Å²) in [5.74, 6) is 0. The Labute approximate surface area is 184 Å². The average molecular weight is 459 g/mol. The van der Waals surface area contributed by atoms with Gasteiger partial charge >= 0.3 is 0 Å². The molecule has 0 bridgehead atoms. The predicted octanol–water partition coefficient (Wildman–Crippen LogP) is 4.00. The third kappa shape index (κ3) is 4.13. The highest BCUT2D eigenvalue weighted by atomic mass is 32.2. The summed E-state index contributed by atoms with van der Waals surface area (Å²) in [7, 11) is -4.78. The second-order valence-corrected chi connectivity index (χ2v) is 12.1. The minimum Gasteiger partial charge on any atom is -0.207 e. The molecule has 8 heteroatoms. The number of nitrogens with zero attached hydrogens (tertiary/aromatic N) is 2. The van der Waals surface area contributed by atoms with Crippen LogP contribution in [0, 0.1) is 0 Å². The van der Waals surface area contributed by atoms with Crippen molar-refractivity contribution >= 4 is 30.8 Å². The first kappa shape index (κ1) is 22.0. The van der Waals surface area contributed by atoms with Crippen molar-refractivity contribution in [2.24, 2.45) is 0 Å². The lowest BCUT2D eigenvalue weighted by molar-refractivity contribution is 0.334. The van der Waals surface area contributed by atoms with E-state index in [0.717, 1.165) is 33.5 Å². The quantitative estimate of drug-likeness (QED) is 0.536. The first-order chi connectivity index (χ1) is 14.6. The van der Waals surface area contributed by atoms with Gasteiger partial charge in [-0.3, -0.25) is 0 Å². The summed E-state index contributed by atoms with van der Waals surface area (Å²) in [6.45, 7) is 1.89. The highest BCUT2D eigenvalue weighted by Crippen LogP contribution is 2.39. The van der Waals surface area contributed by atoms with Gasteiger partial charge in [0.2, 0.25) is 20.0 Å². The van der Waals surface area contributed by atoms with Crippen LogP contribution in [-0.2, 0) is 20.0 Å². The molecule has 0 amide bonds. The Morgan fingerprint density at radius 1 is 0.774 bits per heavy atom. The molecule has 0 aliphatic heterocycles. The second-order valence-electron chi connectivity index (χ2n) is 8.11. The Hall–Kier alpha value is -2.26. The van der Waals surface area contributed by atoms with Crippen LogP contribution in [0.3, 0.4) is 0 Å². The molecule has 3 aromatic carbocycles. The Bertz CT molecular complexity index is 1330. The fourth-order valence-corrected chi connectivity index (χ4v) is 6.73. The molecule has 0 aromatic heterocycles. The number of hydrogen-bond acceptors (Lipinski definition) is 4. The SMILES string of the molecule is C[C@@H](c1ccc2ccccc2c1)N(C1CC1)S(=O)(=O)c1cccc(S(=O)(=O)N(C)C)c1. The normalized spacial score (nSPS) is 16.2. The molecule has 1 aliphatic rings. The lowest BCUT2D eigenvalue weighted by atomic mass is 10.0. The highest BCUT2D eigenvalue weighted by molar-refractivity contribution is 7.90. The molecule has 0 N–H and O–H groups in total. The van der Waals surface area contributed by atoms with Crippen LogP contribution in [-0.4, -0.2) is 45.6 Å². The van der Waals surface area contributed by atoms with Crippen molar-refractivity contribution in [3.63, 3.8) is 0 Å². The zero-order chi connectivity index (χ0) is 22.4. The van der Waals surface area contributed by atoms with E-state index >= 15 is 0 Å². The maximum absolute atomic E-state index is 13.7. The fourth-order valence-electron chi connectivity index (χ4n) is 3.79. The second kappa shape index (κ2) is 8.02. The molecular formula is C23H26N2O4S2. The summed E-state index contributed by atoms with van der Waals surface area (Å²) in [6, 6.07) is 19.1. The molecule has 6 nitrogen and oxygen atoms in total. The zero-order valence-corrected chi connectivity index (χ0v) is 19.4. The molecule has 0 spiro atoms. The van der Waals surface area contributed by atoms with Gasteiger partial charge < -0.3 is 0 Å². The maximum atomic E-state index is 13.7. The van der Waals surface area contributed by atoms with Crippen LogP contribution in [0.1, 0.15) is 31.4 Å². The summed E-state index contributed by atoms with van der Waals surface area (Å²) >= 11 is 0. The summed E-state index contributed by atoms with van der Waals surface area (Å²) in [5, 5.41) is 2.15. The van der Waals surface area contributed by atoms with E-state index in [9.17, 15) is 16.8 Å². The molecular weight excluding hydrogens is 432 g/mol. The number of fused-ring (bicyclic) bond motifs is 1. The molecule has 1 fully saturated rings. The van der Waals surface area contributed by atoms with Gasteiger partial charge in [0.25, 0.3) is 0 Å². The first-order valence-corrected chi connectivity index (χ1v) is 13.1. The molecule has 1 saturated carbocycles. The average Bonchev–Trinajstić information content (AvgIpc) is 3.58. The van der Waals surface area contributed by atoms with Crippen LogP contribution in [0.15, 0.2) is 76.5 Å². The monoisotopic (exact) mass is 458 g/mol. The van der Waals surface area contributed by atoms with Crippen molar-refractivity contribution in [2.75, 3.05) is 14.1 Å². The summed E-state index contributed by atoms with van der Waals surface area (Å²) < 4.78 is 55.0. The molecule has 3 aromatic rings. The van der Waals surface area contributed by atoms with Crippen LogP contribution in [0.2, 0.25) is 0 Å². The molecule has 164 valence electrons. The van der Waals surface area contributed by atoms with E-state index < -0.39 is 20.0 Å². The van der Waals surface area contributed by atoms with Crippen LogP contribution in [0.25, 0.3) is 10.8 Å². The van der Waals surface area contributed by atoms with Gasteiger partial charge in [0.1, 0.15) is 0 Å². The highest BCUT2D eigenvalue weighted by Gasteiger charge is 2.42. The molecule has 0 heterocycles. The van der Waals surface area contributed by atoms with E-state index in [1.807, 2.05) is 49.4 Å². The van der Waals surface area contributed by atoms with E-state index in [1.54, 1.807) is 4.31 Å². The van der Waals surface area contributed by atoms with Gasteiger partial charge in [-0.1, -0.05) is 42.5 Å². The van der Waals surface area contributed by atoms with Gasteiger partial charge in [-0.15, -0.1) is 0 Å². The summed E-state index contributed by atoms with van der Waals surface area (Å²) in [6.07, 6.45) is 1.60. The van der Waals surface area contributed by atoms with E-state index in [2.05, 4.69) is 0 Å². The van der Waals surface area contributed by atoms with Crippen molar-refractivity contribution in [3.8, 4) is 0 Å². The van der Waals surface area contributed by atoms with E-state index in [1.165, 1.54) is 38.4 Å². The minimum absolute atomic E-state index is 0.00466. The predicted molar refractivity (Wildman–Crippen MR) is 122 cm³/mol. The van der Waals surface area contributed by atoms with E-state index in [4.69, 9.17) is 0 Å². The lowest BCUT2D eigenvalue weighted by Gasteiger charge is -2.29. The molecule has 0 saturated heterocycles. The first-order valence-electron chi connectivity index (χ1n) is 10.2. The minimum atomic E-state index is -3.90. The summed E-state index contributed by atoms with van der Waals surface area (Å²) in [4.78, 5) is -0.0392. The molecule has 0 unspecified atom stereocenters. The third-order valence-corrected chi connectivity index (χ3v) is 9.53. The van der Waals surface area contributed by atoms with Crippen LogP contribution in [0.4, 0.5) is 0 Å². The van der Waals surface area contributed by atoms with Gasteiger partial charge in [-0.2, -0.15) is 4.31 Å². The molecule has 4 rings (SSSR count). The number of sulfonamides is 2. The number of rotatable bonds is 7. The Morgan fingerprint density at radius 3 is 2.00 bits per heavy atom. The van der Waals surface area contributed by atoms with E-state index in [0.29, 0.717) is 0 Å². The smallest absolute Gasteiger partial charge is 0.207 e. The topological polar surface area (TPSA) is 74.8 Å². The summed E-state index contributed by atoms with van der Waals surface area (Å²) in [5.41, 5.74) is 0.909. The van der Waals surface area contributed by atoms with Crippen LogP contribution < -0.4 is 0 Å². The number of hydrogen-bond donors (Lipinski definition) is 0. The van der Waals surface area contributed by atoms with Gasteiger partial charge in [0, 0.05) is 26.2 Å². The Kier molecular flexibility index (Phi) is 5.68. The Morgan fingerprint density at radius 2 is 1.39 bits per heavy atom. The van der Waals surface area contributed by atoms with Gasteiger partial charge in [0.15, 0.2) is 0 Å². The molecule has 1 aliphatic carbocycles. The van der Waals surface area contributed by atoms with E-state index in [-0.39, 0.29) is 21.9 Å². The molecule has 0 radical (unpaired) electrons. The van der Waals surface area contributed by atoms with Crippen LogP contribution in [0.5, 0.6) is 0 Å². The van der Waals surface area contributed by atoms with Crippen molar-refractivity contribution in [3.05, 3.63) is 72.3 Å². The third-order valence-electron chi connectivity index (χ3n) is 5.70. The van der Waals surface area contributed by atoms with Crippen LogP contribution >= 0.6 is 0 Å². The number of benzene rings is 3. The Balaban J connectivity index is 1.75. The lowest BCUT2D eigenvalue weighted by Crippen LogP contribution is -2.35. The standard InChI is InChI=1S/C23H26N2O4S2/c1-17(19-12-11-18-7-4-5-8-20(18)15-19)25(21-13-14-21)31(28,29)23-10-6-9-22(16-23)30(26,27)24(2)3/h4-12,15-17,21H,13-14H2,1-3H3/t17-/m0/s1. The maximum Gasteiger partial charge on any atom is 0.243 e. The van der Waals surface area contributed by atoms with Gasteiger partial charge in [-0.05, 0) is 60.4 Å². The van der Waals surface area contributed by atoms with Crippen molar-refractivity contribution < 1.29 is 16.8 Å². The molecule has 1 atom stereocenters. The molecule has 31 heavy (non-hydrogen) atoms. The largest absolute Gasteiger partial charge is 0.243 e.